The van der Waals surface area contributed by atoms with Gasteiger partial charge in [0.1, 0.15) is 0 Å². The van der Waals surface area contributed by atoms with Crippen molar-refractivity contribution in [1.82, 2.24) is 5.32 Å². The number of aliphatic hydroxyl groups excluding tert-OH is 1. The zero-order chi connectivity index (χ0) is 13.4. The van der Waals surface area contributed by atoms with Gasteiger partial charge in [0.2, 0.25) is 0 Å². The number of rotatable bonds is 8. The molecule has 0 aromatic heterocycles. The zero-order valence-corrected chi connectivity index (χ0v) is 12.1. The van der Waals surface area contributed by atoms with Gasteiger partial charge in [0.05, 0.1) is 0 Å². The molecule has 0 fully saturated rings. The molecule has 3 heteroatoms. The van der Waals surface area contributed by atoms with Crippen molar-refractivity contribution in [2.45, 2.75) is 39.2 Å². The molecule has 0 bridgehead atoms. The summed E-state index contributed by atoms with van der Waals surface area (Å²) >= 11 is 5.91. The summed E-state index contributed by atoms with van der Waals surface area (Å²) in [5.74, 6) is 0.502. The van der Waals surface area contributed by atoms with E-state index in [-0.39, 0.29) is 6.61 Å². The Balaban J connectivity index is 2.56. The van der Waals surface area contributed by atoms with Crippen LogP contribution in [0.1, 0.15) is 44.7 Å². The molecule has 0 saturated carbocycles. The minimum atomic E-state index is 0.266. The van der Waals surface area contributed by atoms with Crippen molar-refractivity contribution >= 4 is 11.6 Å². The van der Waals surface area contributed by atoms with Crippen LogP contribution in [0.15, 0.2) is 24.3 Å². The highest BCUT2D eigenvalue weighted by atomic mass is 35.5. The van der Waals surface area contributed by atoms with Crippen LogP contribution >= 0.6 is 11.6 Å². The van der Waals surface area contributed by atoms with Crippen LogP contribution in [0, 0.1) is 5.92 Å². The first kappa shape index (κ1) is 15.5. The summed E-state index contributed by atoms with van der Waals surface area (Å²) < 4.78 is 0. The molecule has 1 rings (SSSR count). The van der Waals surface area contributed by atoms with Crippen LogP contribution in [0.2, 0.25) is 5.02 Å². The van der Waals surface area contributed by atoms with Crippen molar-refractivity contribution in [3.63, 3.8) is 0 Å². The second-order valence-corrected chi connectivity index (χ2v) is 5.35. The second-order valence-electron chi connectivity index (χ2n) is 4.92. The third kappa shape index (κ3) is 5.38. The smallest absolute Gasteiger partial charge is 0.0434 e. The maximum atomic E-state index is 8.91. The number of aliphatic hydroxyl groups is 1. The molecule has 102 valence electrons. The maximum absolute atomic E-state index is 8.91. The van der Waals surface area contributed by atoms with E-state index in [0.29, 0.717) is 12.0 Å². The summed E-state index contributed by atoms with van der Waals surface area (Å²) in [7, 11) is 0. The molecule has 0 spiro atoms. The van der Waals surface area contributed by atoms with Gasteiger partial charge in [0, 0.05) is 17.7 Å². The Bertz CT molecular complexity index is 326. The highest BCUT2D eigenvalue weighted by Gasteiger charge is 2.11. The Labute approximate surface area is 115 Å². The summed E-state index contributed by atoms with van der Waals surface area (Å²) in [6, 6.07) is 8.45. The van der Waals surface area contributed by atoms with Crippen LogP contribution in [0.4, 0.5) is 0 Å². The van der Waals surface area contributed by atoms with E-state index in [1.807, 2.05) is 12.1 Å². The summed E-state index contributed by atoms with van der Waals surface area (Å²) in [5, 5.41) is 13.3. The molecule has 2 unspecified atom stereocenters. The van der Waals surface area contributed by atoms with E-state index in [1.165, 1.54) is 5.56 Å². The molecular weight excluding hydrogens is 246 g/mol. The predicted octanol–water partition coefficient (Wildman–Crippen LogP) is 3.79. The van der Waals surface area contributed by atoms with Crippen LogP contribution in [0.3, 0.4) is 0 Å². The molecule has 0 saturated heterocycles. The van der Waals surface area contributed by atoms with E-state index >= 15 is 0 Å². The van der Waals surface area contributed by atoms with Crippen molar-refractivity contribution in [1.29, 1.82) is 0 Å². The van der Waals surface area contributed by atoms with E-state index < -0.39 is 0 Å². The molecule has 0 amide bonds. The molecule has 0 aliphatic carbocycles. The third-order valence-electron chi connectivity index (χ3n) is 3.18. The van der Waals surface area contributed by atoms with E-state index in [2.05, 4.69) is 31.3 Å². The maximum Gasteiger partial charge on any atom is 0.0434 e. The van der Waals surface area contributed by atoms with Crippen molar-refractivity contribution in [2.75, 3.05) is 13.2 Å². The van der Waals surface area contributed by atoms with Gasteiger partial charge >= 0.3 is 0 Å². The Kier molecular flexibility index (Phi) is 7.33. The lowest BCUT2D eigenvalue weighted by atomic mass is 10.0. The average Bonchev–Trinajstić information content (AvgIpc) is 2.36. The SMILES string of the molecule is CCCC(NCC(C)CCO)c1ccc(Cl)cc1. The quantitative estimate of drug-likeness (QED) is 0.753. The predicted molar refractivity (Wildman–Crippen MR) is 78.0 cm³/mol. The van der Waals surface area contributed by atoms with Gasteiger partial charge in [-0.05, 0) is 43.0 Å². The van der Waals surface area contributed by atoms with Gasteiger partial charge in [0.15, 0.2) is 0 Å². The molecule has 2 nitrogen and oxygen atoms in total. The van der Waals surface area contributed by atoms with Crippen molar-refractivity contribution in [3.8, 4) is 0 Å². The third-order valence-corrected chi connectivity index (χ3v) is 3.44. The van der Waals surface area contributed by atoms with Crippen molar-refractivity contribution < 1.29 is 5.11 Å². The molecule has 0 radical (unpaired) electrons. The Morgan fingerprint density at radius 1 is 1.22 bits per heavy atom. The minimum absolute atomic E-state index is 0.266. The molecule has 2 atom stereocenters. The molecule has 18 heavy (non-hydrogen) atoms. The number of benzene rings is 1. The number of hydrogen-bond donors (Lipinski definition) is 2. The van der Waals surface area contributed by atoms with Crippen LogP contribution in [0.5, 0.6) is 0 Å². The summed E-state index contributed by atoms with van der Waals surface area (Å²) in [6.45, 7) is 5.56. The summed E-state index contributed by atoms with van der Waals surface area (Å²) in [6.07, 6.45) is 3.12. The molecule has 0 aliphatic rings. The topological polar surface area (TPSA) is 32.3 Å². The van der Waals surface area contributed by atoms with E-state index in [1.54, 1.807) is 0 Å². The minimum Gasteiger partial charge on any atom is -0.396 e. The van der Waals surface area contributed by atoms with Gasteiger partial charge in [-0.3, -0.25) is 0 Å². The lowest BCUT2D eigenvalue weighted by molar-refractivity contribution is 0.257. The molecule has 2 N–H and O–H groups in total. The first-order valence-corrected chi connectivity index (χ1v) is 7.14. The van der Waals surface area contributed by atoms with Crippen molar-refractivity contribution in [3.05, 3.63) is 34.9 Å². The second kappa shape index (κ2) is 8.52. The molecular formula is C15H24ClNO. The molecule has 1 aromatic carbocycles. The zero-order valence-electron chi connectivity index (χ0n) is 11.3. The largest absolute Gasteiger partial charge is 0.396 e. The van der Waals surface area contributed by atoms with Gasteiger partial charge in [-0.2, -0.15) is 0 Å². The Morgan fingerprint density at radius 3 is 2.44 bits per heavy atom. The van der Waals surface area contributed by atoms with Crippen LogP contribution in [-0.2, 0) is 0 Å². The highest BCUT2D eigenvalue weighted by molar-refractivity contribution is 6.30. The number of hydrogen-bond acceptors (Lipinski definition) is 2. The normalized spacial score (nSPS) is 14.4. The van der Waals surface area contributed by atoms with Crippen LogP contribution in [-0.4, -0.2) is 18.3 Å². The summed E-state index contributed by atoms with van der Waals surface area (Å²) in [4.78, 5) is 0. The van der Waals surface area contributed by atoms with Gasteiger partial charge < -0.3 is 10.4 Å². The highest BCUT2D eigenvalue weighted by Crippen LogP contribution is 2.21. The Hall–Kier alpha value is -0.570. The number of halogens is 1. The monoisotopic (exact) mass is 269 g/mol. The first-order valence-electron chi connectivity index (χ1n) is 6.77. The standard InChI is InChI=1S/C15H24ClNO/c1-3-4-15(17-11-12(2)9-10-18)13-5-7-14(16)8-6-13/h5-8,12,15,17-18H,3-4,9-11H2,1-2H3. The Morgan fingerprint density at radius 2 is 1.89 bits per heavy atom. The van der Waals surface area contributed by atoms with E-state index in [9.17, 15) is 0 Å². The van der Waals surface area contributed by atoms with Crippen LogP contribution in [0.25, 0.3) is 0 Å². The van der Waals surface area contributed by atoms with Gasteiger partial charge in [-0.25, -0.2) is 0 Å². The lowest BCUT2D eigenvalue weighted by Gasteiger charge is -2.21. The van der Waals surface area contributed by atoms with Crippen molar-refractivity contribution in [2.24, 2.45) is 5.92 Å². The lowest BCUT2D eigenvalue weighted by Crippen LogP contribution is -2.26. The average molecular weight is 270 g/mol. The fourth-order valence-electron chi connectivity index (χ4n) is 2.04. The number of nitrogens with one attached hydrogen (secondary N) is 1. The van der Waals surface area contributed by atoms with E-state index in [4.69, 9.17) is 16.7 Å². The van der Waals surface area contributed by atoms with Crippen LogP contribution < -0.4 is 5.32 Å². The van der Waals surface area contributed by atoms with Gasteiger partial charge in [-0.1, -0.05) is 44.0 Å². The molecule has 0 aliphatic heterocycles. The van der Waals surface area contributed by atoms with Gasteiger partial charge in [0.25, 0.3) is 0 Å². The fourth-order valence-corrected chi connectivity index (χ4v) is 2.16. The van der Waals surface area contributed by atoms with E-state index in [0.717, 1.165) is 30.8 Å². The fraction of sp³-hybridized carbons (Fsp3) is 0.600. The first-order chi connectivity index (χ1) is 8.67. The molecule has 1 aromatic rings. The summed E-state index contributed by atoms with van der Waals surface area (Å²) in [5.41, 5.74) is 1.29. The van der Waals surface area contributed by atoms with Gasteiger partial charge in [-0.15, -0.1) is 0 Å². The molecule has 0 heterocycles.